The van der Waals surface area contributed by atoms with Crippen molar-refractivity contribution in [2.45, 2.75) is 13.3 Å². The molecule has 2 aromatic carbocycles. The van der Waals surface area contributed by atoms with E-state index >= 15 is 0 Å². The fourth-order valence-corrected chi connectivity index (χ4v) is 2.41. The maximum absolute atomic E-state index is 12.3. The van der Waals surface area contributed by atoms with Crippen molar-refractivity contribution in [2.75, 3.05) is 0 Å². The van der Waals surface area contributed by atoms with E-state index in [2.05, 4.69) is 0 Å². The van der Waals surface area contributed by atoms with E-state index in [9.17, 15) is 9.59 Å². The maximum atomic E-state index is 12.3. The minimum atomic E-state index is -0.190. The average Bonchev–Trinajstić information content (AvgIpc) is 3.25. The molecule has 1 aliphatic carbocycles. The Morgan fingerprint density at radius 1 is 1.00 bits per heavy atom. The number of hydrogen-bond acceptors (Lipinski definition) is 3. The second kappa shape index (κ2) is 5.93. The lowest BCUT2D eigenvalue weighted by Crippen LogP contribution is -2.11. The predicted molar refractivity (Wildman–Crippen MR) is 84.2 cm³/mol. The molecule has 0 heterocycles. The zero-order chi connectivity index (χ0) is 15.7. The van der Waals surface area contributed by atoms with Crippen molar-refractivity contribution in [1.29, 1.82) is 0 Å². The quantitative estimate of drug-likeness (QED) is 0.484. The lowest BCUT2D eigenvalue weighted by Gasteiger charge is -2.05. The Morgan fingerprint density at radius 3 is 2.00 bits per heavy atom. The van der Waals surface area contributed by atoms with Crippen LogP contribution in [-0.2, 0) is 4.79 Å². The topological polar surface area (TPSA) is 43.4 Å². The molecule has 0 N–H and O–H groups in total. The van der Waals surface area contributed by atoms with Gasteiger partial charge in [-0.05, 0) is 60.9 Å². The molecule has 0 radical (unpaired) electrons. The number of carbonyl (C=O) groups excluding carboxylic acids is 2. The number of halogens is 1. The van der Waals surface area contributed by atoms with Crippen molar-refractivity contribution < 1.29 is 14.3 Å². The molecule has 0 aliphatic heterocycles. The van der Waals surface area contributed by atoms with E-state index in [4.69, 9.17) is 16.3 Å². The summed E-state index contributed by atoms with van der Waals surface area (Å²) in [6, 6.07) is 13.4. The molecular weight excluding hydrogens is 300 g/mol. The van der Waals surface area contributed by atoms with E-state index in [1.807, 2.05) is 6.92 Å². The van der Waals surface area contributed by atoms with Crippen molar-refractivity contribution in [3.63, 3.8) is 0 Å². The fourth-order valence-electron chi connectivity index (χ4n) is 2.28. The molecule has 1 saturated carbocycles. The van der Waals surface area contributed by atoms with Gasteiger partial charge in [0.05, 0.1) is 5.92 Å². The normalized spacial score (nSPS) is 19.5. The average molecular weight is 315 g/mol. The van der Waals surface area contributed by atoms with Crippen LogP contribution in [0.15, 0.2) is 48.5 Å². The summed E-state index contributed by atoms with van der Waals surface area (Å²) in [5.74, 6) is 0.625. The van der Waals surface area contributed by atoms with Gasteiger partial charge in [0.15, 0.2) is 5.78 Å². The van der Waals surface area contributed by atoms with Crippen molar-refractivity contribution >= 4 is 23.4 Å². The Labute approximate surface area is 133 Å². The number of hydrogen-bond donors (Lipinski definition) is 0. The van der Waals surface area contributed by atoms with Crippen molar-refractivity contribution in [3.05, 3.63) is 64.7 Å². The van der Waals surface area contributed by atoms with Crippen LogP contribution >= 0.6 is 11.6 Å². The fraction of sp³-hybridized carbons (Fsp3) is 0.222. The summed E-state index contributed by atoms with van der Waals surface area (Å²) in [4.78, 5) is 24.1. The Hall–Kier alpha value is -2.13. The first kappa shape index (κ1) is 14.8. The molecule has 2 atom stereocenters. The summed E-state index contributed by atoms with van der Waals surface area (Å²) < 4.78 is 5.30. The molecule has 1 aliphatic rings. The number of esters is 1. The zero-order valence-corrected chi connectivity index (χ0v) is 12.8. The highest BCUT2D eigenvalue weighted by molar-refractivity contribution is 6.30. The van der Waals surface area contributed by atoms with Gasteiger partial charge >= 0.3 is 5.97 Å². The third-order valence-electron chi connectivity index (χ3n) is 3.85. The SMILES string of the molecule is C[C@H]1C[C@H]1C(=O)Oc1ccc(C(=O)c2ccc(Cl)cc2)cc1. The largest absolute Gasteiger partial charge is 0.426 e. The number of benzene rings is 2. The van der Waals surface area contributed by atoms with Crippen LogP contribution in [0, 0.1) is 11.8 Å². The zero-order valence-electron chi connectivity index (χ0n) is 12.1. The van der Waals surface area contributed by atoms with Gasteiger partial charge in [0.25, 0.3) is 0 Å². The molecule has 0 spiro atoms. The van der Waals surface area contributed by atoms with E-state index < -0.39 is 0 Å². The molecule has 0 saturated heterocycles. The second-order valence-corrected chi connectivity index (χ2v) is 6.04. The third kappa shape index (κ3) is 3.20. The van der Waals surface area contributed by atoms with Gasteiger partial charge in [0, 0.05) is 16.1 Å². The Balaban J connectivity index is 1.69. The van der Waals surface area contributed by atoms with Gasteiger partial charge < -0.3 is 4.74 Å². The van der Waals surface area contributed by atoms with Crippen LogP contribution in [0.1, 0.15) is 29.3 Å². The Morgan fingerprint density at radius 2 is 1.50 bits per heavy atom. The van der Waals surface area contributed by atoms with Gasteiger partial charge in [-0.3, -0.25) is 9.59 Å². The van der Waals surface area contributed by atoms with E-state index in [1.54, 1.807) is 48.5 Å². The summed E-state index contributed by atoms with van der Waals surface area (Å²) in [6.45, 7) is 2.03. The van der Waals surface area contributed by atoms with Crippen LogP contribution in [0.2, 0.25) is 5.02 Å². The van der Waals surface area contributed by atoms with Crippen LogP contribution in [-0.4, -0.2) is 11.8 Å². The Kier molecular flexibility index (Phi) is 3.99. The molecule has 3 rings (SSSR count). The van der Waals surface area contributed by atoms with E-state index in [0.717, 1.165) is 6.42 Å². The van der Waals surface area contributed by atoms with Gasteiger partial charge in [-0.15, -0.1) is 0 Å². The molecule has 3 nitrogen and oxygen atoms in total. The highest BCUT2D eigenvalue weighted by Crippen LogP contribution is 2.38. The monoisotopic (exact) mass is 314 g/mol. The highest BCUT2D eigenvalue weighted by Gasteiger charge is 2.40. The first-order valence-corrected chi connectivity index (χ1v) is 7.54. The van der Waals surface area contributed by atoms with Crippen LogP contribution in [0.3, 0.4) is 0 Å². The van der Waals surface area contributed by atoms with Gasteiger partial charge in [0.1, 0.15) is 5.75 Å². The minimum absolute atomic E-state index is 0.0235. The first-order chi connectivity index (χ1) is 10.5. The van der Waals surface area contributed by atoms with E-state index in [-0.39, 0.29) is 17.7 Å². The molecule has 22 heavy (non-hydrogen) atoms. The predicted octanol–water partition coefficient (Wildman–Crippen LogP) is 4.13. The number of ketones is 1. The molecule has 2 aromatic rings. The van der Waals surface area contributed by atoms with Gasteiger partial charge in [-0.25, -0.2) is 0 Å². The van der Waals surface area contributed by atoms with Gasteiger partial charge in [0.2, 0.25) is 0 Å². The summed E-state index contributed by atoms with van der Waals surface area (Å²) in [7, 11) is 0. The minimum Gasteiger partial charge on any atom is -0.426 e. The van der Waals surface area contributed by atoms with Crippen molar-refractivity contribution in [2.24, 2.45) is 11.8 Å². The maximum Gasteiger partial charge on any atom is 0.314 e. The number of rotatable bonds is 4. The molecule has 112 valence electrons. The second-order valence-electron chi connectivity index (χ2n) is 5.60. The van der Waals surface area contributed by atoms with Crippen LogP contribution in [0.4, 0.5) is 0 Å². The molecule has 0 bridgehead atoms. The van der Waals surface area contributed by atoms with Crippen molar-refractivity contribution in [1.82, 2.24) is 0 Å². The summed E-state index contributed by atoms with van der Waals surface area (Å²) in [6.07, 6.45) is 0.895. The summed E-state index contributed by atoms with van der Waals surface area (Å²) in [5.41, 5.74) is 1.11. The van der Waals surface area contributed by atoms with Crippen LogP contribution < -0.4 is 4.74 Å². The molecule has 0 unspecified atom stereocenters. The van der Waals surface area contributed by atoms with E-state index in [1.165, 1.54) is 0 Å². The lowest BCUT2D eigenvalue weighted by molar-refractivity contribution is -0.136. The number of carbonyl (C=O) groups is 2. The smallest absolute Gasteiger partial charge is 0.314 e. The highest BCUT2D eigenvalue weighted by atomic mass is 35.5. The standard InChI is InChI=1S/C18H15ClO3/c1-11-10-16(11)18(21)22-15-8-4-13(5-9-15)17(20)12-2-6-14(19)7-3-12/h2-9,11,16H,10H2,1H3/t11-,16+/m0/s1. The number of ether oxygens (including phenoxy) is 1. The lowest BCUT2D eigenvalue weighted by atomic mass is 10.0. The van der Waals surface area contributed by atoms with Crippen LogP contribution in [0.5, 0.6) is 5.75 Å². The first-order valence-electron chi connectivity index (χ1n) is 7.16. The van der Waals surface area contributed by atoms with E-state index in [0.29, 0.717) is 27.8 Å². The molecule has 1 fully saturated rings. The summed E-state index contributed by atoms with van der Waals surface area (Å²) in [5, 5.41) is 0.591. The van der Waals surface area contributed by atoms with Gasteiger partial charge in [-0.1, -0.05) is 18.5 Å². The van der Waals surface area contributed by atoms with Gasteiger partial charge in [-0.2, -0.15) is 0 Å². The summed E-state index contributed by atoms with van der Waals surface area (Å²) >= 11 is 5.81. The van der Waals surface area contributed by atoms with Crippen LogP contribution in [0.25, 0.3) is 0 Å². The van der Waals surface area contributed by atoms with Crippen molar-refractivity contribution in [3.8, 4) is 5.75 Å². The molecule has 0 amide bonds. The molecule has 0 aromatic heterocycles. The molecular formula is C18H15ClO3. The third-order valence-corrected chi connectivity index (χ3v) is 4.11. The Bertz CT molecular complexity index is 704. The molecule has 4 heteroatoms.